The fourth-order valence-corrected chi connectivity index (χ4v) is 2.69. The number of hydrogen-bond donors (Lipinski definition) is 1. The number of nitrogens with zero attached hydrogens (tertiary/aromatic N) is 1. The first-order chi connectivity index (χ1) is 7.05. The van der Waals surface area contributed by atoms with Gasteiger partial charge in [0.15, 0.2) is 0 Å². The highest BCUT2D eigenvalue weighted by Crippen LogP contribution is 2.25. The van der Waals surface area contributed by atoms with Crippen molar-refractivity contribution in [3.8, 4) is 0 Å². The van der Waals surface area contributed by atoms with E-state index in [0.29, 0.717) is 5.41 Å². The molecule has 2 nitrogen and oxygen atoms in total. The summed E-state index contributed by atoms with van der Waals surface area (Å²) in [6.45, 7) is 7.81. The van der Waals surface area contributed by atoms with Crippen LogP contribution in [0, 0.1) is 12.3 Å². The van der Waals surface area contributed by atoms with E-state index in [1.807, 2.05) is 0 Å². The fraction of sp³-hybridized carbons (Fsp3) is 0.750. The van der Waals surface area contributed by atoms with Gasteiger partial charge in [-0.1, -0.05) is 13.8 Å². The molecule has 0 aliphatic heterocycles. The Labute approximate surface area is 96.1 Å². The molecule has 0 bridgehead atoms. The van der Waals surface area contributed by atoms with Crippen LogP contribution in [0.15, 0.2) is 5.38 Å². The molecular weight excluding hydrogens is 204 g/mol. The lowest BCUT2D eigenvalue weighted by Crippen LogP contribution is -2.32. The zero-order valence-corrected chi connectivity index (χ0v) is 10.7. The van der Waals surface area contributed by atoms with Crippen LogP contribution in [0.2, 0.25) is 0 Å². The van der Waals surface area contributed by atoms with E-state index in [2.05, 4.69) is 36.5 Å². The molecule has 0 amide bonds. The number of rotatable bonds is 5. The monoisotopic (exact) mass is 224 g/mol. The van der Waals surface area contributed by atoms with Gasteiger partial charge in [0.25, 0.3) is 0 Å². The molecule has 84 valence electrons. The SMILES string of the molecule is Cc1csc(CC(C)(C)CNC2CC2)n1. The van der Waals surface area contributed by atoms with Crippen molar-refractivity contribution in [3.05, 3.63) is 16.1 Å². The lowest BCUT2D eigenvalue weighted by molar-refractivity contribution is 0.336. The Morgan fingerprint density at radius 3 is 2.80 bits per heavy atom. The van der Waals surface area contributed by atoms with Gasteiger partial charge in [0.1, 0.15) is 0 Å². The van der Waals surface area contributed by atoms with Crippen LogP contribution in [0.4, 0.5) is 0 Å². The van der Waals surface area contributed by atoms with E-state index < -0.39 is 0 Å². The molecule has 1 heterocycles. The third-order valence-corrected chi connectivity index (χ3v) is 3.71. The summed E-state index contributed by atoms with van der Waals surface area (Å²) in [5.41, 5.74) is 1.48. The van der Waals surface area contributed by atoms with Gasteiger partial charge in [-0.2, -0.15) is 0 Å². The van der Waals surface area contributed by atoms with Gasteiger partial charge in [0, 0.05) is 30.1 Å². The van der Waals surface area contributed by atoms with Crippen molar-refractivity contribution in [2.75, 3.05) is 6.54 Å². The zero-order chi connectivity index (χ0) is 10.9. The maximum absolute atomic E-state index is 4.53. The molecule has 0 saturated heterocycles. The molecule has 0 atom stereocenters. The summed E-state index contributed by atoms with van der Waals surface area (Å²) in [5.74, 6) is 0. The third-order valence-electron chi connectivity index (χ3n) is 2.74. The molecule has 0 aromatic carbocycles. The smallest absolute Gasteiger partial charge is 0.0933 e. The van der Waals surface area contributed by atoms with E-state index in [1.54, 1.807) is 11.3 Å². The van der Waals surface area contributed by atoms with Crippen molar-refractivity contribution in [1.29, 1.82) is 0 Å². The van der Waals surface area contributed by atoms with Crippen LogP contribution in [0.25, 0.3) is 0 Å². The first kappa shape index (κ1) is 11.1. The number of aryl methyl sites for hydroxylation is 1. The Balaban J connectivity index is 1.84. The molecule has 0 spiro atoms. The molecule has 3 heteroatoms. The molecule has 15 heavy (non-hydrogen) atoms. The first-order valence-corrected chi connectivity index (χ1v) is 6.57. The molecule has 0 unspecified atom stereocenters. The van der Waals surface area contributed by atoms with Gasteiger partial charge in [-0.05, 0) is 25.2 Å². The van der Waals surface area contributed by atoms with Gasteiger partial charge >= 0.3 is 0 Å². The van der Waals surface area contributed by atoms with E-state index in [-0.39, 0.29) is 0 Å². The molecule has 1 aromatic rings. The molecule has 1 saturated carbocycles. The normalized spacial score (nSPS) is 17.0. The Morgan fingerprint density at radius 1 is 1.53 bits per heavy atom. The summed E-state index contributed by atoms with van der Waals surface area (Å²) in [5, 5.41) is 7.01. The second kappa shape index (κ2) is 4.22. The second-order valence-corrected chi connectivity index (χ2v) is 6.32. The highest BCUT2D eigenvalue weighted by Gasteiger charge is 2.26. The number of nitrogens with one attached hydrogen (secondary N) is 1. The van der Waals surface area contributed by atoms with Crippen molar-refractivity contribution >= 4 is 11.3 Å². The molecule has 0 radical (unpaired) electrons. The lowest BCUT2D eigenvalue weighted by Gasteiger charge is -2.23. The maximum atomic E-state index is 4.53. The van der Waals surface area contributed by atoms with Gasteiger partial charge < -0.3 is 5.32 Å². The first-order valence-electron chi connectivity index (χ1n) is 5.70. The van der Waals surface area contributed by atoms with Crippen molar-refractivity contribution in [1.82, 2.24) is 10.3 Å². The number of aromatic nitrogens is 1. The molecule has 1 aromatic heterocycles. The van der Waals surface area contributed by atoms with Gasteiger partial charge in [-0.25, -0.2) is 4.98 Å². The minimum Gasteiger partial charge on any atom is -0.313 e. The molecule has 1 N–H and O–H groups in total. The van der Waals surface area contributed by atoms with Crippen LogP contribution < -0.4 is 5.32 Å². The minimum atomic E-state index is 0.326. The van der Waals surface area contributed by atoms with Crippen LogP contribution in [0.1, 0.15) is 37.4 Å². The Bertz CT molecular complexity index is 326. The van der Waals surface area contributed by atoms with E-state index in [0.717, 1.165) is 24.7 Å². The minimum absolute atomic E-state index is 0.326. The summed E-state index contributed by atoms with van der Waals surface area (Å²) in [7, 11) is 0. The Morgan fingerprint density at radius 2 is 2.27 bits per heavy atom. The Hall–Kier alpha value is -0.410. The maximum Gasteiger partial charge on any atom is 0.0933 e. The van der Waals surface area contributed by atoms with E-state index in [9.17, 15) is 0 Å². The third kappa shape index (κ3) is 3.58. The lowest BCUT2D eigenvalue weighted by atomic mass is 9.89. The molecule has 1 aliphatic rings. The highest BCUT2D eigenvalue weighted by molar-refractivity contribution is 7.09. The zero-order valence-electron chi connectivity index (χ0n) is 9.84. The van der Waals surface area contributed by atoms with Crippen molar-refractivity contribution in [2.24, 2.45) is 5.41 Å². The predicted octanol–water partition coefficient (Wildman–Crippen LogP) is 2.77. The fourth-order valence-electron chi connectivity index (χ4n) is 1.66. The standard InChI is InChI=1S/C12H20N2S/c1-9-7-15-11(14-9)6-12(2,3)8-13-10-4-5-10/h7,10,13H,4-6,8H2,1-3H3. The van der Waals surface area contributed by atoms with Gasteiger partial charge in [-0.15, -0.1) is 11.3 Å². The quantitative estimate of drug-likeness (QED) is 0.832. The van der Waals surface area contributed by atoms with Crippen LogP contribution in [-0.2, 0) is 6.42 Å². The summed E-state index contributed by atoms with van der Waals surface area (Å²) in [6, 6.07) is 0.808. The van der Waals surface area contributed by atoms with Crippen LogP contribution >= 0.6 is 11.3 Å². The molecule has 1 fully saturated rings. The second-order valence-electron chi connectivity index (χ2n) is 5.38. The van der Waals surface area contributed by atoms with Gasteiger partial charge in [0.2, 0.25) is 0 Å². The van der Waals surface area contributed by atoms with Crippen LogP contribution in [0.5, 0.6) is 0 Å². The van der Waals surface area contributed by atoms with Crippen LogP contribution in [-0.4, -0.2) is 17.6 Å². The van der Waals surface area contributed by atoms with E-state index >= 15 is 0 Å². The average Bonchev–Trinajstić information content (AvgIpc) is 2.88. The van der Waals surface area contributed by atoms with Crippen molar-refractivity contribution in [3.63, 3.8) is 0 Å². The average molecular weight is 224 g/mol. The molecule has 1 aliphatic carbocycles. The number of thiazole rings is 1. The summed E-state index contributed by atoms with van der Waals surface area (Å²) < 4.78 is 0. The van der Waals surface area contributed by atoms with Crippen molar-refractivity contribution < 1.29 is 0 Å². The topological polar surface area (TPSA) is 24.9 Å². The summed E-state index contributed by atoms with van der Waals surface area (Å²) >= 11 is 1.79. The summed E-state index contributed by atoms with van der Waals surface area (Å²) in [6.07, 6.45) is 3.82. The summed E-state index contributed by atoms with van der Waals surface area (Å²) in [4.78, 5) is 4.53. The van der Waals surface area contributed by atoms with Gasteiger partial charge in [-0.3, -0.25) is 0 Å². The largest absolute Gasteiger partial charge is 0.313 e. The van der Waals surface area contributed by atoms with Crippen molar-refractivity contribution in [2.45, 2.75) is 46.1 Å². The predicted molar refractivity (Wildman–Crippen MR) is 65.4 cm³/mol. The van der Waals surface area contributed by atoms with E-state index in [1.165, 1.54) is 17.8 Å². The van der Waals surface area contributed by atoms with Crippen LogP contribution in [0.3, 0.4) is 0 Å². The van der Waals surface area contributed by atoms with E-state index in [4.69, 9.17) is 0 Å². The Kier molecular flexibility index (Phi) is 3.12. The number of hydrogen-bond acceptors (Lipinski definition) is 3. The molecule has 2 rings (SSSR count). The van der Waals surface area contributed by atoms with Gasteiger partial charge in [0.05, 0.1) is 5.01 Å². The molecular formula is C12H20N2S. The highest BCUT2D eigenvalue weighted by atomic mass is 32.1.